The minimum absolute atomic E-state index is 0.128. The molecule has 0 radical (unpaired) electrons. The van der Waals surface area contributed by atoms with Crippen LogP contribution in [-0.2, 0) is 11.2 Å². The number of amides is 1. The lowest BCUT2D eigenvalue weighted by Gasteiger charge is -2.14. The highest BCUT2D eigenvalue weighted by Crippen LogP contribution is 2.28. The average molecular weight is 382 g/mol. The molecule has 0 aliphatic heterocycles. The lowest BCUT2D eigenvalue weighted by Crippen LogP contribution is -2.24. The average Bonchev–Trinajstić information content (AvgIpc) is 2.68. The number of rotatable bonds is 10. The van der Waals surface area contributed by atoms with Crippen molar-refractivity contribution in [3.8, 4) is 23.3 Å². The van der Waals surface area contributed by atoms with Crippen LogP contribution in [0, 0.1) is 25.2 Å². The minimum atomic E-state index is -0.268. The maximum atomic E-state index is 11.3. The third-order valence-corrected chi connectivity index (χ3v) is 4.36. The molecule has 28 heavy (non-hydrogen) atoms. The van der Waals surface area contributed by atoms with E-state index in [0.29, 0.717) is 37.7 Å². The van der Waals surface area contributed by atoms with E-state index in [0.717, 1.165) is 16.9 Å². The van der Waals surface area contributed by atoms with E-state index in [-0.39, 0.29) is 12.3 Å². The van der Waals surface area contributed by atoms with Crippen LogP contribution in [0.5, 0.6) is 17.2 Å². The Morgan fingerprint density at radius 3 is 2.54 bits per heavy atom. The molecule has 1 amide bonds. The largest absolute Gasteiger partial charge is 0.493 e. The van der Waals surface area contributed by atoms with Crippen molar-refractivity contribution < 1.29 is 19.0 Å². The molecule has 0 aliphatic carbocycles. The SMILES string of the molecule is COc1ccc(CCNC(=O)CC#N)cc1OCCOc1cccc(C)c1C. The summed E-state index contributed by atoms with van der Waals surface area (Å²) in [6.07, 6.45) is 0.508. The van der Waals surface area contributed by atoms with Gasteiger partial charge >= 0.3 is 0 Å². The first-order valence-corrected chi connectivity index (χ1v) is 9.17. The van der Waals surface area contributed by atoms with Crippen molar-refractivity contribution in [2.24, 2.45) is 0 Å². The molecule has 1 N–H and O–H groups in total. The fourth-order valence-electron chi connectivity index (χ4n) is 2.65. The van der Waals surface area contributed by atoms with Gasteiger partial charge < -0.3 is 19.5 Å². The number of hydrogen-bond donors (Lipinski definition) is 1. The topological polar surface area (TPSA) is 80.6 Å². The lowest BCUT2D eigenvalue weighted by molar-refractivity contribution is -0.120. The fourth-order valence-corrected chi connectivity index (χ4v) is 2.65. The third-order valence-electron chi connectivity index (χ3n) is 4.36. The van der Waals surface area contributed by atoms with Gasteiger partial charge in [-0.2, -0.15) is 5.26 Å². The van der Waals surface area contributed by atoms with E-state index in [2.05, 4.69) is 18.3 Å². The van der Waals surface area contributed by atoms with E-state index in [1.807, 2.05) is 43.3 Å². The van der Waals surface area contributed by atoms with Gasteiger partial charge in [-0.3, -0.25) is 4.79 Å². The van der Waals surface area contributed by atoms with Crippen LogP contribution in [-0.4, -0.2) is 32.8 Å². The van der Waals surface area contributed by atoms with Crippen LogP contribution in [0.3, 0.4) is 0 Å². The van der Waals surface area contributed by atoms with Gasteiger partial charge in [0.25, 0.3) is 0 Å². The van der Waals surface area contributed by atoms with Gasteiger partial charge in [0.1, 0.15) is 25.4 Å². The molecule has 2 aromatic carbocycles. The number of aryl methyl sites for hydroxylation is 1. The molecule has 0 fully saturated rings. The van der Waals surface area contributed by atoms with Crippen LogP contribution >= 0.6 is 0 Å². The Morgan fingerprint density at radius 2 is 1.82 bits per heavy atom. The Balaban J connectivity index is 1.88. The zero-order chi connectivity index (χ0) is 20.4. The van der Waals surface area contributed by atoms with Gasteiger partial charge in [0, 0.05) is 6.54 Å². The summed E-state index contributed by atoms with van der Waals surface area (Å²) in [5.74, 6) is 1.87. The van der Waals surface area contributed by atoms with Crippen molar-refractivity contribution in [2.45, 2.75) is 26.7 Å². The number of carbonyl (C=O) groups is 1. The lowest BCUT2D eigenvalue weighted by atomic mass is 10.1. The Hall–Kier alpha value is -3.20. The second-order valence-electron chi connectivity index (χ2n) is 6.32. The number of ether oxygens (including phenoxy) is 3. The third kappa shape index (κ3) is 6.20. The van der Waals surface area contributed by atoms with Gasteiger partial charge in [-0.1, -0.05) is 18.2 Å². The number of methoxy groups -OCH3 is 1. The molecule has 0 aromatic heterocycles. The van der Waals surface area contributed by atoms with E-state index >= 15 is 0 Å². The van der Waals surface area contributed by atoms with E-state index in [4.69, 9.17) is 19.5 Å². The highest BCUT2D eigenvalue weighted by atomic mass is 16.5. The van der Waals surface area contributed by atoms with Crippen molar-refractivity contribution in [1.82, 2.24) is 5.32 Å². The summed E-state index contributed by atoms with van der Waals surface area (Å²) in [5, 5.41) is 11.2. The minimum Gasteiger partial charge on any atom is -0.493 e. The van der Waals surface area contributed by atoms with Crippen LogP contribution < -0.4 is 19.5 Å². The van der Waals surface area contributed by atoms with Crippen LogP contribution in [0.25, 0.3) is 0 Å². The Morgan fingerprint density at radius 1 is 1.07 bits per heavy atom. The van der Waals surface area contributed by atoms with E-state index in [1.54, 1.807) is 7.11 Å². The standard InChI is InChI=1S/C22H26N2O4/c1-16-5-4-6-19(17(16)2)27-13-14-28-21-15-18(7-8-20(21)26-3)10-12-24-22(25)9-11-23/h4-8,15H,9-10,12-14H2,1-3H3,(H,24,25). The first-order valence-electron chi connectivity index (χ1n) is 9.17. The molecule has 0 aliphatic rings. The Labute approximate surface area is 166 Å². The number of benzene rings is 2. The van der Waals surface area contributed by atoms with Gasteiger partial charge in [0.15, 0.2) is 11.5 Å². The van der Waals surface area contributed by atoms with Crippen LogP contribution in [0.4, 0.5) is 0 Å². The molecule has 0 spiro atoms. The summed E-state index contributed by atoms with van der Waals surface area (Å²) in [6.45, 7) is 5.35. The molecule has 0 saturated carbocycles. The quantitative estimate of drug-likeness (QED) is 0.638. The van der Waals surface area contributed by atoms with E-state index < -0.39 is 0 Å². The van der Waals surface area contributed by atoms with Crippen LogP contribution in [0.2, 0.25) is 0 Å². The summed E-state index contributed by atoms with van der Waals surface area (Å²) in [4.78, 5) is 11.3. The number of nitriles is 1. The number of hydrogen-bond acceptors (Lipinski definition) is 5. The summed E-state index contributed by atoms with van der Waals surface area (Å²) >= 11 is 0. The number of nitrogens with zero attached hydrogens (tertiary/aromatic N) is 1. The van der Waals surface area contributed by atoms with Crippen molar-refractivity contribution in [3.05, 3.63) is 53.1 Å². The summed E-state index contributed by atoms with van der Waals surface area (Å²) < 4.78 is 17.0. The molecule has 0 bridgehead atoms. The molecule has 0 unspecified atom stereocenters. The van der Waals surface area contributed by atoms with Gasteiger partial charge in [-0.05, 0) is 55.2 Å². The molecular weight excluding hydrogens is 356 g/mol. The summed E-state index contributed by atoms with van der Waals surface area (Å²) in [7, 11) is 1.59. The molecule has 0 saturated heterocycles. The second kappa shape index (κ2) is 10.8. The van der Waals surface area contributed by atoms with Crippen molar-refractivity contribution in [2.75, 3.05) is 26.9 Å². The van der Waals surface area contributed by atoms with Gasteiger partial charge in [0.2, 0.25) is 5.91 Å². The molecule has 6 heteroatoms. The van der Waals surface area contributed by atoms with E-state index in [9.17, 15) is 4.79 Å². The highest BCUT2D eigenvalue weighted by Gasteiger charge is 2.08. The normalized spacial score (nSPS) is 10.1. The first kappa shape index (κ1) is 21.1. The van der Waals surface area contributed by atoms with Gasteiger partial charge in [0.05, 0.1) is 13.2 Å². The maximum absolute atomic E-state index is 11.3. The molecule has 2 rings (SSSR count). The monoisotopic (exact) mass is 382 g/mol. The van der Waals surface area contributed by atoms with Crippen molar-refractivity contribution >= 4 is 5.91 Å². The fraction of sp³-hybridized carbons (Fsp3) is 0.364. The molecule has 148 valence electrons. The van der Waals surface area contributed by atoms with Gasteiger partial charge in [-0.25, -0.2) is 0 Å². The first-order chi connectivity index (χ1) is 13.5. The van der Waals surface area contributed by atoms with Crippen molar-refractivity contribution in [1.29, 1.82) is 5.26 Å². The molecule has 6 nitrogen and oxygen atoms in total. The van der Waals surface area contributed by atoms with Crippen LogP contribution in [0.15, 0.2) is 36.4 Å². The Kier molecular flexibility index (Phi) is 8.16. The zero-order valence-corrected chi connectivity index (χ0v) is 16.6. The van der Waals surface area contributed by atoms with Crippen molar-refractivity contribution in [3.63, 3.8) is 0 Å². The smallest absolute Gasteiger partial charge is 0.234 e. The number of carbonyl (C=O) groups excluding carboxylic acids is 1. The molecule has 0 heterocycles. The predicted octanol–water partition coefficient (Wildman–Crippen LogP) is 3.34. The van der Waals surface area contributed by atoms with Gasteiger partial charge in [-0.15, -0.1) is 0 Å². The van der Waals surface area contributed by atoms with Crippen LogP contribution in [0.1, 0.15) is 23.1 Å². The molecular formula is C22H26N2O4. The zero-order valence-electron chi connectivity index (χ0n) is 16.6. The predicted molar refractivity (Wildman–Crippen MR) is 107 cm³/mol. The summed E-state index contributed by atoms with van der Waals surface area (Å²) in [5.41, 5.74) is 3.32. The second-order valence-corrected chi connectivity index (χ2v) is 6.32. The number of nitrogens with one attached hydrogen (secondary N) is 1. The molecule has 2 aromatic rings. The highest BCUT2D eigenvalue weighted by molar-refractivity contribution is 5.77. The van der Waals surface area contributed by atoms with E-state index in [1.165, 1.54) is 5.56 Å². The maximum Gasteiger partial charge on any atom is 0.234 e. The summed E-state index contributed by atoms with van der Waals surface area (Å²) in [6, 6.07) is 13.5. The molecule has 0 atom stereocenters. The Bertz CT molecular complexity index is 843.